The van der Waals surface area contributed by atoms with Crippen LogP contribution in [0.3, 0.4) is 0 Å². The first kappa shape index (κ1) is 42.6. The van der Waals surface area contributed by atoms with E-state index >= 15 is 0 Å². The summed E-state index contributed by atoms with van der Waals surface area (Å²) in [6, 6.07) is 4.15. The van der Waals surface area contributed by atoms with Gasteiger partial charge in [0, 0.05) is 55.7 Å². The Morgan fingerprint density at radius 1 is 0.652 bits per heavy atom. The lowest BCUT2D eigenvalue weighted by atomic mass is 10.3. The Labute approximate surface area is 286 Å². The largest absolute Gasteiger partial charge is 0.398 e. The average molecular weight is 725 g/mol. The molecular weight excluding hydrogens is 661 g/mol. The molecule has 16 heteroatoms. The summed E-state index contributed by atoms with van der Waals surface area (Å²) in [5, 5.41) is 0. The molecule has 4 radical (unpaired) electrons. The fraction of sp³-hybridized carbons (Fsp3) is 1.00. The lowest BCUT2D eigenvalue weighted by Crippen LogP contribution is -2.50. The quantitative estimate of drug-likeness (QED) is 0.0881. The average Bonchev–Trinajstić information content (AvgIpc) is 3.04. The van der Waals surface area contributed by atoms with Crippen molar-refractivity contribution in [2.75, 3.05) is 108 Å². The van der Waals surface area contributed by atoms with Crippen molar-refractivity contribution >= 4 is 36.2 Å². The molecule has 12 nitrogen and oxygen atoms in total. The summed E-state index contributed by atoms with van der Waals surface area (Å²) in [7, 11) is 7.24. The van der Waals surface area contributed by atoms with Crippen molar-refractivity contribution in [2.24, 2.45) is 0 Å². The van der Waals surface area contributed by atoms with Gasteiger partial charge in [-0.3, -0.25) is 0 Å². The van der Waals surface area contributed by atoms with Crippen molar-refractivity contribution in [1.29, 1.82) is 0 Å². The third-order valence-corrected chi connectivity index (χ3v) is 17.4. The highest BCUT2D eigenvalue weighted by Gasteiger charge is 2.37. The van der Waals surface area contributed by atoms with Gasteiger partial charge in [0.1, 0.15) is 30.9 Å². The number of hydrogen-bond donors (Lipinski definition) is 0. The maximum absolute atomic E-state index is 6.60. The van der Waals surface area contributed by atoms with Crippen molar-refractivity contribution in [2.45, 2.75) is 87.0 Å². The molecule has 4 atom stereocenters. The van der Waals surface area contributed by atoms with E-state index in [1.165, 1.54) is 0 Å². The van der Waals surface area contributed by atoms with E-state index in [9.17, 15) is 0 Å². The summed E-state index contributed by atoms with van der Waals surface area (Å²) in [5.41, 5.74) is 0. The van der Waals surface area contributed by atoms with E-state index in [2.05, 4.69) is 22.9 Å². The summed E-state index contributed by atoms with van der Waals surface area (Å²) < 4.78 is 58.7. The first-order chi connectivity index (χ1) is 22.2. The van der Waals surface area contributed by atoms with Gasteiger partial charge in [-0.2, -0.15) is 0 Å². The molecule has 0 amide bonds. The van der Waals surface area contributed by atoms with E-state index in [-0.39, 0.29) is 24.0 Å². The number of hydrogen-bond acceptors (Lipinski definition) is 12. The second-order valence-electron chi connectivity index (χ2n) is 12.3. The molecule has 0 aliphatic carbocycles. The molecule has 0 N–H and O–H groups in total. The summed E-state index contributed by atoms with van der Waals surface area (Å²) in [6.07, 6.45) is 4.35. The van der Waals surface area contributed by atoms with Crippen molar-refractivity contribution in [3.05, 3.63) is 0 Å². The Morgan fingerprint density at radius 2 is 1.04 bits per heavy atom. The summed E-state index contributed by atoms with van der Waals surface area (Å²) >= 11 is 0. The van der Waals surface area contributed by atoms with Gasteiger partial charge in [-0.1, -0.05) is 12.1 Å². The van der Waals surface area contributed by atoms with Gasteiger partial charge in [-0.15, -0.1) is 0 Å². The van der Waals surface area contributed by atoms with Crippen LogP contribution in [-0.4, -0.2) is 178 Å². The first-order valence-electron chi connectivity index (χ1n) is 16.9. The van der Waals surface area contributed by atoms with E-state index in [1.54, 1.807) is 42.7 Å². The molecular formula is C30H64N2O10Si4. The molecule has 2 saturated heterocycles. The molecule has 0 aromatic heterocycles. The second-order valence-corrected chi connectivity index (χ2v) is 21.9. The first-order valence-corrected chi connectivity index (χ1v) is 24.5. The standard InChI is InChI=1S/C30H64N2O10Si4/c1-33-29(34-2)43-19-9-13-31-15-11-21-45(7,37-5)41-27(23-31)25-39-17-18-40-26-28-24-32(14-10-20-44-30(35-3)36-4)16-12-22-46(8,38-6)42-28/h27-30H,9-26H2,1-8H3. The zero-order chi connectivity index (χ0) is 33.7. The fourth-order valence-corrected chi connectivity index (χ4v) is 11.9. The van der Waals surface area contributed by atoms with Crippen LogP contribution in [0.4, 0.5) is 0 Å². The number of rotatable bonds is 23. The fourth-order valence-electron chi connectivity index (χ4n) is 5.90. The van der Waals surface area contributed by atoms with Crippen LogP contribution in [-0.2, 0) is 46.1 Å². The molecule has 2 aliphatic rings. The molecule has 46 heavy (non-hydrogen) atoms. The van der Waals surface area contributed by atoms with E-state index < -0.39 is 17.1 Å². The molecule has 2 aliphatic heterocycles. The van der Waals surface area contributed by atoms with E-state index in [1.807, 2.05) is 0 Å². The molecule has 2 rings (SSSR count). The maximum Gasteiger partial charge on any atom is 0.335 e. The minimum absolute atomic E-state index is 0.0235. The van der Waals surface area contributed by atoms with Gasteiger partial charge < -0.3 is 55.9 Å². The van der Waals surface area contributed by atoms with Gasteiger partial charge in [0.2, 0.25) is 0 Å². The predicted molar refractivity (Wildman–Crippen MR) is 186 cm³/mol. The molecule has 2 fully saturated rings. The van der Waals surface area contributed by atoms with Gasteiger partial charge in [0.25, 0.3) is 0 Å². The molecule has 4 unspecified atom stereocenters. The highest BCUT2D eigenvalue weighted by Crippen LogP contribution is 2.23. The SMILES string of the molecule is COC(OC)[Si]CCCN1CCC[Si](C)(OC)OC(COCCOCC2CN(CCC[Si]C(OC)OC)CCC[Si](C)(OC)O2)C1. The Kier molecular flexibility index (Phi) is 22.7. The third-order valence-electron chi connectivity index (χ3n) is 8.59. The monoisotopic (exact) mass is 724 g/mol. The molecule has 0 bridgehead atoms. The highest BCUT2D eigenvalue weighted by atomic mass is 28.4. The van der Waals surface area contributed by atoms with Crippen LogP contribution in [0.2, 0.25) is 37.3 Å². The highest BCUT2D eigenvalue weighted by molar-refractivity contribution is 6.66. The van der Waals surface area contributed by atoms with Crippen LogP contribution >= 0.6 is 0 Å². The van der Waals surface area contributed by atoms with Crippen LogP contribution in [0.25, 0.3) is 0 Å². The van der Waals surface area contributed by atoms with E-state index in [0.29, 0.717) is 45.5 Å². The minimum Gasteiger partial charge on any atom is -0.398 e. The van der Waals surface area contributed by atoms with Gasteiger partial charge in [0.05, 0.1) is 38.6 Å². The van der Waals surface area contributed by atoms with Crippen LogP contribution in [0.5, 0.6) is 0 Å². The van der Waals surface area contributed by atoms with Crippen molar-refractivity contribution in [3.63, 3.8) is 0 Å². The third kappa shape index (κ3) is 17.4. The zero-order valence-corrected chi connectivity index (χ0v) is 34.0. The molecule has 0 aromatic carbocycles. The van der Waals surface area contributed by atoms with Crippen molar-refractivity contribution in [1.82, 2.24) is 9.80 Å². The predicted octanol–water partition coefficient (Wildman–Crippen LogP) is 2.82. The van der Waals surface area contributed by atoms with Crippen LogP contribution in [0.15, 0.2) is 0 Å². The Balaban J connectivity index is 1.79. The number of ether oxygens (including phenoxy) is 6. The number of nitrogens with zero attached hydrogens (tertiary/aromatic N) is 2. The summed E-state index contributed by atoms with van der Waals surface area (Å²) in [5.74, 6) is -0.199. The smallest absolute Gasteiger partial charge is 0.335 e. The second kappa shape index (κ2) is 24.5. The Hall–Kier alpha value is 0.388. The van der Waals surface area contributed by atoms with Gasteiger partial charge >= 0.3 is 17.1 Å². The molecule has 0 spiro atoms. The van der Waals surface area contributed by atoms with Gasteiger partial charge in [-0.05, 0) is 77.0 Å². The van der Waals surface area contributed by atoms with Crippen LogP contribution < -0.4 is 0 Å². The topological polar surface area (TPSA) is 98.8 Å². The summed E-state index contributed by atoms with van der Waals surface area (Å²) in [4.78, 5) is 5.02. The normalized spacial score (nSPS) is 27.5. The lowest BCUT2D eigenvalue weighted by molar-refractivity contribution is -0.0444. The van der Waals surface area contributed by atoms with Crippen LogP contribution in [0.1, 0.15) is 25.7 Å². The minimum atomic E-state index is -2.21. The van der Waals surface area contributed by atoms with Gasteiger partial charge in [0.15, 0.2) is 0 Å². The summed E-state index contributed by atoms with van der Waals surface area (Å²) in [6.45, 7) is 12.3. The number of methoxy groups -OCH3 is 4. The van der Waals surface area contributed by atoms with E-state index in [0.717, 1.165) is 89.1 Å². The van der Waals surface area contributed by atoms with Crippen LogP contribution in [0, 0.1) is 0 Å². The van der Waals surface area contributed by atoms with E-state index in [4.69, 9.17) is 46.1 Å². The lowest BCUT2D eigenvalue weighted by Gasteiger charge is -2.37. The molecule has 270 valence electrons. The molecule has 2 heterocycles. The Bertz CT molecular complexity index is 704. The zero-order valence-electron chi connectivity index (χ0n) is 30.0. The van der Waals surface area contributed by atoms with Gasteiger partial charge in [-0.25, -0.2) is 0 Å². The molecule has 0 saturated carbocycles. The van der Waals surface area contributed by atoms with Crippen molar-refractivity contribution < 1.29 is 46.1 Å². The Morgan fingerprint density at radius 3 is 1.39 bits per heavy atom. The maximum atomic E-state index is 6.60. The van der Waals surface area contributed by atoms with Crippen molar-refractivity contribution in [3.8, 4) is 0 Å². The molecule has 0 aromatic rings.